The van der Waals surface area contributed by atoms with Crippen LogP contribution in [0.5, 0.6) is 0 Å². The molecule has 0 fully saturated rings. The molecule has 0 radical (unpaired) electrons. The maximum absolute atomic E-state index is 12.2. The van der Waals surface area contributed by atoms with Crippen LogP contribution < -0.4 is 0 Å². The van der Waals surface area contributed by atoms with Gasteiger partial charge in [-0.3, -0.25) is 9.59 Å². The number of unbranched alkanes of at least 4 members (excludes halogenated alkanes) is 14. The summed E-state index contributed by atoms with van der Waals surface area (Å²) in [6, 6.07) is 0. The number of allylic oxidation sites excluding steroid dienone is 7. The summed E-state index contributed by atoms with van der Waals surface area (Å²) in [5.41, 5.74) is 0. The minimum Gasteiger partial charge on any atom is -0.462 e. The van der Waals surface area contributed by atoms with E-state index in [1.165, 1.54) is 70.6 Å². The van der Waals surface area contributed by atoms with Gasteiger partial charge in [-0.1, -0.05) is 166 Å². The molecule has 0 aromatic carbocycles. The summed E-state index contributed by atoms with van der Waals surface area (Å²) < 4.78 is 10.5. The Morgan fingerprint density at radius 2 is 1.10 bits per heavy atom. The number of aliphatic hydroxyl groups excluding tert-OH is 2. The van der Waals surface area contributed by atoms with Gasteiger partial charge in [-0.15, -0.1) is 0 Å². The fourth-order valence-corrected chi connectivity index (χ4v) is 5.34. The molecular weight excluding hydrogens is 600 g/mol. The average molecular weight is 675 g/mol. The van der Waals surface area contributed by atoms with Gasteiger partial charge in [0.25, 0.3) is 0 Å². The molecule has 2 N–H and O–H groups in total. The number of aliphatic hydroxyl groups is 2. The van der Waals surface area contributed by atoms with Crippen LogP contribution in [0.15, 0.2) is 48.6 Å². The zero-order valence-electron chi connectivity index (χ0n) is 31.3. The summed E-state index contributed by atoms with van der Waals surface area (Å²) in [7, 11) is 0. The van der Waals surface area contributed by atoms with E-state index in [1.807, 2.05) is 12.2 Å². The minimum atomic E-state index is -0.803. The molecule has 2 atom stereocenters. The number of hydrogen-bond acceptors (Lipinski definition) is 6. The average Bonchev–Trinajstić information content (AvgIpc) is 3.07. The van der Waals surface area contributed by atoms with Crippen LogP contribution in [0.25, 0.3) is 0 Å². The van der Waals surface area contributed by atoms with Gasteiger partial charge in [0.1, 0.15) is 6.61 Å². The van der Waals surface area contributed by atoms with Crippen LogP contribution >= 0.6 is 0 Å². The molecule has 0 saturated carbocycles. The Labute approximate surface area is 295 Å². The van der Waals surface area contributed by atoms with E-state index < -0.39 is 6.10 Å². The Kier molecular flexibility index (Phi) is 34.5. The Morgan fingerprint density at radius 3 is 1.65 bits per heavy atom. The Hall–Kier alpha value is -2.18. The lowest BCUT2D eigenvalue weighted by atomic mass is 10.0. The van der Waals surface area contributed by atoms with Crippen molar-refractivity contribution in [3.63, 3.8) is 0 Å². The molecule has 0 aromatic heterocycles. The van der Waals surface area contributed by atoms with Gasteiger partial charge in [-0.05, 0) is 50.9 Å². The molecule has 0 heterocycles. The standard InChI is InChI=1S/C42H74O6/c1-4-5-32-39(44)33-28-24-20-16-12-9-10-13-17-21-25-29-34-41(45)47-37-40(36-43)48-42(46)35-30-26-22-18-14-8-6-7-11-15-19-23-27-31-38(2)3/h9-10,16-17,20-21,28,33,38-40,43-44H,4-8,11-15,18-19,22-27,29-32,34-37H2,1-3H3/b10-9-,20-16-,21-17-,33-28-/t39-,40-/m0/s1. The molecular formula is C42H74O6. The van der Waals surface area contributed by atoms with Gasteiger partial charge in [0.15, 0.2) is 6.10 Å². The molecule has 0 aliphatic rings. The highest BCUT2D eigenvalue weighted by Gasteiger charge is 2.16. The summed E-state index contributed by atoms with van der Waals surface area (Å²) in [6.07, 6.45) is 40.8. The van der Waals surface area contributed by atoms with Crippen molar-refractivity contribution in [1.29, 1.82) is 0 Å². The van der Waals surface area contributed by atoms with Gasteiger partial charge >= 0.3 is 11.9 Å². The number of esters is 2. The second kappa shape index (κ2) is 36.1. The van der Waals surface area contributed by atoms with Crippen molar-refractivity contribution in [3.05, 3.63) is 48.6 Å². The summed E-state index contributed by atoms with van der Waals surface area (Å²) in [5.74, 6) is 0.160. The van der Waals surface area contributed by atoms with Crippen LogP contribution in [0.3, 0.4) is 0 Å². The zero-order valence-corrected chi connectivity index (χ0v) is 31.3. The van der Waals surface area contributed by atoms with Crippen molar-refractivity contribution in [2.45, 2.75) is 187 Å². The largest absolute Gasteiger partial charge is 0.462 e. The highest BCUT2D eigenvalue weighted by Crippen LogP contribution is 2.15. The van der Waals surface area contributed by atoms with Crippen molar-refractivity contribution < 1.29 is 29.3 Å². The fourth-order valence-electron chi connectivity index (χ4n) is 5.34. The SMILES string of the molecule is CCCC[C@H](O)/C=C\C/C=C\C/C=C\C/C=C\CCCC(=O)OC[C@H](CO)OC(=O)CCCCCCCCCCCCCCCC(C)C. The van der Waals surface area contributed by atoms with Crippen molar-refractivity contribution in [3.8, 4) is 0 Å². The molecule has 0 bridgehead atoms. The summed E-state index contributed by atoms with van der Waals surface area (Å²) in [4.78, 5) is 24.2. The second-order valence-electron chi connectivity index (χ2n) is 13.7. The third kappa shape index (κ3) is 35.1. The van der Waals surface area contributed by atoms with E-state index in [0.29, 0.717) is 19.3 Å². The van der Waals surface area contributed by atoms with E-state index in [0.717, 1.165) is 70.1 Å². The predicted octanol–water partition coefficient (Wildman–Crippen LogP) is 11.1. The van der Waals surface area contributed by atoms with Gasteiger partial charge in [0.2, 0.25) is 0 Å². The zero-order chi connectivity index (χ0) is 35.3. The predicted molar refractivity (Wildman–Crippen MR) is 202 cm³/mol. The molecule has 0 spiro atoms. The van der Waals surface area contributed by atoms with Crippen molar-refractivity contribution in [2.24, 2.45) is 5.92 Å². The molecule has 278 valence electrons. The molecule has 0 amide bonds. The van der Waals surface area contributed by atoms with E-state index in [2.05, 4.69) is 57.2 Å². The second-order valence-corrected chi connectivity index (χ2v) is 13.7. The normalized spacial score (nSPS) is 13.5. The first-order valence-corrected chi connectivity index (χ1v) is 19.6. The lowest BCUT2D eigenvalue weighted by Gasteiger charge is -2.15. The van der Waals surface area contributed by atoms with Crippen molar-refractivity contribution >= 4 is 11.9 Å². The molecule has 0 aliphatic carbocycles. The number of carbonyl (C=O) groups excluding carboxylic acids is 2. The van der Waals surface area contributed by atoms with Crippen molar-refractivity contribution in [1.82, 2.24) is 0 Å². The summed E-state index contributed by atoms with van der Waals surface area (Å²) >= 11 is 0. The van der Waals surface area contributed by atoms with Crippen molar-refractivity contribution in [2.75, 3.05) is 13.2 Å². The Balaban J connectivity index is 3.68. The highest BCUT2D eigenvalue weighted by molar-refractivity contribution is 5.70. The van der Waals surface area contributed by atoms with Gasteiger partial charge < -0.3 is 19.7 Å². The highest BCUT2D eigenvalue weighted by atomic mass is 16.6. The van der Waals surface area contributed by atoms with Crippen LogP contribution in [-0.4, -0.2) is 47.6 Å². The van der Waals surface area contributed by atoms with Crippen LogP contribution in [0.2, 0.25) is 0 Å². The molecule has 0 aromatic rings. The fraction of sp³-hybridized carbons (Fsp3) is 0.762. The van der Waals surface area contributed by atoms with E-state index in [4.69, 9.17) is 9.47 Å². The van der Waals surface area contributed by atoms with Crippen LogP contribution in [0.1, 0.15) is 175 Å². The number of carbonyl (C=O) groups is 2. The molecule has 0 aliphatic heterocycles. The molecule has 6 nitrogen and oxygen atoms in total. The maximum atomic E-state index is 12.2. The minimum absolute atomic E-state index is 0.106. The third-order valence-electron chi connectivity index (χ3n) is 8.37. The van der Waals surface area contributed by atoms with Crippen LogP contribution in [0, 0.1) is 5.92 Å². The number of rotatable bonds is 34. The maximum Gasteiger partial charge on any atom is 0.306 e. The lowest BCUT2D eigenvalue weighted by molar-refractivity contribution is -0.161. The molecule has 0 saturated heterocycles. The quantitative estimate of drug-likeness (QED) is 0.0401. The Morgan fingerprint density at radius 1 is 0.604 bits per heavy atom. The van der Waals surface area contributed by atoms with Gasteiger partial charge in [-0.2, -0.15) is 0 Å². The van der Waals surface area contributed by atoms with E-state index in [-0.39, 0.29) is 31.3 Å². The van der Waals surface area contributed by atoms with Gasteiger partial charge in [0.05, 0.1) is 12.7 Å². The first-order chi connectivity index (χ1) is 23.4. The summed E-state index contributed by atoms with van der Waals surface area (Å²) in [5, 5.41) is 19.3. The smallest absolute Gasteiger partial charge is 0.306 e. The van der Waals surface area contributed by atoms with Crippen LogP contribution in [-0.2, 0) is 19.1 Å². The topological polar surface area (TPSA) is 93.1 Å². The first-order valence-electron chi connectivity index (χ1n) is 19.6. The number of ether oxygens (including phenoxy) is 2. The first kappa shape index (κ1) is 45.8. The van der Waals surface area contributed by atoms with Gasteiger partial charge in [0, 0.05) is 12.8 Å². The molecule has 0 unspecified atom stereocenters. The van der Waals surface area contributed by atoms with E-state index in [1.54, 1.807) is 0 Å². The third-order valence-corrected chi connectivity index (χ3v) is 8.37. The van der Waals surface area contributed by atoms with Gasteiger partial charge in [-0.25, -0.2) is 0 Å². The molecule has 48 heavy (non-hydrogen) atoms. The number of hydrogen-bond donors (Lipinski definition) is 2. The Bertz CT molecular complexity index is 843. The van der Waals surface area contributed by atoms with E-state index in [9.17, 15) is 19.8 Å². The molecule has 0 rings (SSSR count). The monoisotopic (exact) mass is 675 g/mol. The summed E-state index contributed by atoms with van der Waals surface area (Å²) in [6.45, 7) is 6.28. The van der Waals surface area contributed by atoms with E-state index >= 15 is 0 Å². The molecule has 6 heteroatoms. The van der Waals surface area contributed by atoms with Crippen LogP contribution in [0.4, 0.5) is 0 Å². The lowest BCUT2D eigenvalue weighted by Crippen LogP contribution is -2.28.